The third-order valence-corrected chi connectivity index (χ3v) is 3.99. The van der Waals surface area contributed by atoms with E-state index in [-0.39, 0.29) is 17.4 Å². The summed E-state index contributed by atoms with van der Waals surface area (Å²) in [7, 11) is 0. The molecule has 7 heteroatoms. The topological polar surface area (TPSA) is 71.5 Å². The van der Waals surface area contributed by atoms with E-state index in [0.29, 0.717) is 26.1 Å². The Balaban J connectivity index is 1.99. The number of amides is 1. The van der Waals surface area contributed by atoms with Gasteiger partial charge in [0.15, 0.2) is 17.3 Å². The highest BCUT2D eigenvalue weighted by Gasteiger charge is 2.22. The minimum absolute atomic E-state index is 0.0979. The van der Waals surface area contributed by atoms with Gasteiger partial charge in [0.1, 0.15) is 5.75 Å². The first-order valence-corrected chi connectivity index (χ1v) is 7.47. The van der Waals surface area contributed by atoms with Crippen molar-refractivity contribution in [3.05, 3.63) is 50.7 Å². The van der Waals surface area contributed by atoms with Crippen molar-refractivity contribution in [3.63, 3.8) is 0 Å². The maximum atomic E-state index is 12.0. The van der Waals surface area contributed by atoms with Crippen LogP contribution in [0.4, 0.5) is 5.82 Å². The minimum Gasteiger partial charge on any atom is -0.506 e. The number of carbonyl (C=O) groups is 1. The first-order chi connectivity index (χ1) is 10.0. The number of benzene rings is 1. The van der Waals surface area contributed by atoms with Gasteiger partial charge in [-0.25, -0.2) is 4.98 Å². The molecular weight excluding hydrogens is 404 g/mol. The standard InChI is InChI=1S/C14H8Br2N2O3/c15-8-4-7(5-9(16)12(8)19)6-11-14(20)18-13-10(21-11)2-1-3-17-13/h1-6,19H,(H,17,18,20). The molecule has 106 valence electrons. The van der Waals surface area contributed by atoms with Crippen molar-refractivity contribution >= 4 is 49.7 Å². The number of phenols is 1. The van der Waals surface area contributed by atoms with Gasteiger partial charge in [-0.3, -0.25) is 4.79 Å². The van der Waals surface area contributed by atoms with Crippen molar-refractivity contribution in [2.75, 3.05) is 5.32 Å². The van der Waals surface area contributed by atoms with Crippen molar-refractivity contribution in [2.24, 2.45) is 0 Å². The molecule has 0 unspecified atom stereocenters. The zero-order valence-corrected chi connectivity index (χ0v) is 13.6. The van der Waals surface area contributed by atoms with Gasteiger partial charge in [-0.1, -0.05) is 0 Å². The van der Waals surface area contributed by atoms with Gasteiger partial charge in [-0.05, 0) is 67.8 Å². The van der Waals surface area contributed by atoms with E-state index >= 15 is 0 Å². The Morgan fingerprint density at radius 3 is 2.71 bits per heavy atom. The molecule has 1 aliphatic rings. The normalized spacial score (nSPS) is 15.3. The summed E-state index contributed by atoms with van der Waals surface area (Å²) in [6.07, 6.45) is 3.16. The number of anilines is 1. The SMILES string of the molecule is O=C1Nc2ncccc2OC1=Cc1cc(Br)c(O)c(Br)c1. The van der Waals surface area contributed by atoms with E-state index in [1.165, 1.54) is 0 Å². The fourth-order valence-corrected chi connectivity index (χ4v) is 3.04. The van der Waals surface area contributed by atoms with E-state index in [1.54, 1.807) is 36.5 Å². The number of nitrogens with zero attached hydrogens (tertiary/aromatic N) is 1. The summed E-state index contributed by atoms with van der Waals surface area (Å²) >= 11 is 6.48. The molecule has 0 radical (unpaired) electrons. The van der Waals surface area contributed by atoms with E-state index in [4.69, 9.17) is 4.74 Å². The predicted molar refractivity (Wildman–Crippen MR) is 85.0 cm³/mol. The second kappa shape index (κ2) is 5.50. The molecule has 2 aromatic rings. The van der Waals surface area contributed by atoms with Gasteiger partial charge in [0.05, 0.1) is 8.95 Å². The maximum Gasteiger partial charge on any atom is 0.292 e. The zero-order chi connectivity index (χ0) is 15.0. The molecule has 1 amide bonds. The molecule has 1 aliphatic heterocycles. The Morgan fingerprint density at radius 1 is 1.29 bits per heavy atom. The van der Waals surface area contributed by atoms with Crippen LogP contribution in [0.3, 0.4) is 0 Å². The number of hydrogen-bond donors (Lipinski definition) is 2. The van der Waals surface area contributed by atoms with Crippen LogP contribution < -0.4 is 10.1 Å². The molecule has 21 heavy (non-hydrogen) atoms. The molecular formula is C14H8Br2N2O3. The Kier molecular flexibility index (Phi) is 3.69. The lowest BCUT2D eigenvalue weighted by molar-refractivity contribution is -0.115. The number of nitrogens with one attached hydrogen (secondary N) is 1. The number of carbonyl (C=O) groups excluding carboxylic acids is 1. The van der Waals surface area contributed by atoms with E-state index in [2.05, 4.69) is 42.2 Å². The minimum atomic E-state index is -0.374. The maximum absolute atomic E-state index is 12.0. The van der Waals surface area contributed by atoms with Crippen molar-refractivity contribution in [3.8, 4) is 11.5 Å². The number of phenolic OH excluding ortho intramolecular Hbond substituents is 1. The second-order valence-corrected chi connectivity index (χ2v) is 5.96. The lowest BCUT2D eigenvalue weighted by Crippen LogP contribution is -2.24. The van der Waals surface area contributed by atoms with E-state index < -0.39 is 0 Å². The average molecular weight is 412 g/mol. The van der Waals surface area contributed by atoms with Gasteiger partial charge in [-0.15, -0.1) is 0 Å². The van der Waals surface area contributed by atoms with Crippen LogP contribution in [0.15, 0.2) is 45.2 Å². The predicted octanol–water partition coefficient (Wildman–Crippen LogP) is 3.68. The highest BCUT2D eigenvalue weighted by Crippen LogP contribution is 2.35. The van der Waals surface area contributed by atoms with E-state index in [9.17, 15) is 9.90 Å². The van der Waals surface area contributed by atoms with Crippen LogP contribution in [0.1, 0.15) is 5.56 Å². The Morgan fingerprint density at radius 2 is 2.00 bits per heavy atom. The largest absolute Gasteiger partial charge is 0.506 e. The molecule has 0 saturated heterocycles. The number of halogens is 2. The molecule has 2 N–H and O–H groups in total. The summed E-state index contributed by atoms with van der Waals surface area (Å²) in [5.41, 5.74) is 0.698. The Bertz CT molecular complexity index is 752. The highest BCUT2D eigenvalue weighted by atomic mass is 79.9. The number of rotatable bonds is 1. The number of pyridine rings is 1. The molecule has 0 atom stereocenters. The number of aromatic hydroxyl groups is 1. The Labute approximate surface area is 136 Å². The number of hydrogen-bond acceptors (Lipinski definition) is 4. The summed E-state index contributed by atoms with van der Waals surface area (Å²) in [4.78, 5) is 16.0. The van der Waals surface area contributed by atoms with Crippen molar-refractivity contribution < 1.29 is 14.6 Å². The van der Waals surface area contributed by atoms with Crippen LogP contribution in [0, 0.1) is 0 Å². The lowest BCUT2D eigenvalue weighted by atomic mass is 10.2. The van der Waals surface area contributed by atoms with Crippen molar-refractivity contribution in [1.82, 2.24) is 4.98 Å². The monoisotopic (exact) mass is 410 g/mol. The van der Waals surface area contributed by atoms with Crippen LogP contribution >= 0.6 is 31.9 Å². The highest BCUT2D eigenvalue weighted by molar-refractivity contribution is 9.11. The molecule has 1 aromatic heterocycles. The molecule has 2 heterocycles. The van der Waals surface area contributed by atoms with Crippen LogP contribution in [0.5, 0.6) is 11.5 Å². The molecule has 0 bridgehead atoms. The van der Waals surface area contributed by atoms with Crippen molar-refractivity contribution in [1.29, 1.82) is 0 Å². The quantitative estimate of drug-likeness (QED) is 0.702. The molecule has 0 aliphatic carbocycles. The fourth-order valence-electron chi connectivity index (χ4n) is 1.82. The van der Waals surface area contributed by atoms with Gasteiger partial charge >= 0.3 is 0 Å². The number of aromatic nitrogens is 1. The van der Waals surface area contributed by atoms with Crippen LogP contribution in [-0.2, 0) is 4.79 Å². The molecule has 5 nitrogen and oxygen atoms in total. The molecule has 0 spiro atoms. The van der Waals surface area contributed by atoms with Gasteiger partial charge in [0.25, 0.3) is 5.91 Å². The van der Waals surface area contributed by atoms with Gasteiger partial charge in [0.2, 0.25) is 0 Å². The van der Waals surface area contributed by atoms with Gasteiger partial charge in [-0.2, -0.15) is 0 Å². The third-order valence-electron chi connectivity index (χ3n) is 2.78. The first kappa shape index (κ1) is 14.1. The summed E-state index contributed by atoms with van der Waals surface area (Å²) < 4.78 is 6.58. The van der Waals surface area contributed by atoms with Gasteiger partial charge < -0.3 is 15.2 Å². The Hall–Kier alpha value is -1.86. The first-order valence-electron chi connectivity index (χ1n) is 5.88. The van der Waals surface area contributed by atoms with Gasteiger partial charge in [0, 0.05) is 6.20 Å². The smallest absolute Gasteiger partial charge is 0.292 e. The van der Waals surface area contributed by atoms with Crippen LogP contribution in [0.2, 0.25) is 0 Å². The third kappa shape index (κ3) is 2.79. The summed E-state index contributed by atoms with van der Waals surface area (Å²) in [5.74, 6) is 0.759. The summed E-state index contributed by atoms with van der Waals surface area (Å²) in [5, 5.41) is 12.3. The lowest BCUT2D eigenvalue weighted by Gasteiger charge is -2.18. The van der Waals surface area contributed by atoms with E-state index in [0.717, 1.165) is 0 Å². The van der Waals surface area contributed by atoms with Crippen molar-refractivity contribution in [2.45, 2.75) is 0 Å². The zero-order valence-electron chi connectivity index (χ0n) is 10.4. The molecule has 0 saturated carbocycles. The molecule has 1 aromatic carbocycles. The van der Waals surface area contributed by atoms with E-state index in [1.807, 2.05) is 0 Å². The molecule has 3 rings (SSSR count). The van der Waals surface area contributed by atoms with Crippen LogP contribution in [-0.4, -0.2) is 16.0 Å². The number of ether oxygens (including phenoxy) is 1. The average Bonchev–Trinajstić information content (AvgIpc) is 2.45. The summed E-state index contributed by atoms with van der Waals surface area (Å²) in [6.45, 7) is 0. The summed E-state index contributed by atoms with van der Waals surface area (Å²) in [6, 6.07) is 6.81. The van der Waals surface area contributed by atoms with Crippen LogP contribution in [0.25, 0.3) is 6.08 Å². The fraction of sp³-hybridized carbons (Fsp3) is 0. The number of fused-ring (bicyclic) bond motifs is 1. The molecule has 0 fully saturated rings. The second-order valence-electron chi connectivity index (χ2n) is 4.25.